The Kier molecular flexibility index (Phi) is 3.79. The third-order valence-corrected chi connectivity index (χ3v) is 3.08. The van der Waals surface area contributed by atoms with Gasteiger partial charge in [-0.1, -0.05) is 17.3 Å². The summed E-state index contributed by atoms with van der Waals surface area (Å²) in [6, 6.07) is 5.60. The lowest BCUT2D eigenvalue weighted by Gasteiger charge is -2.16. The van der Waals surface area contributed by atoms with Crippen LogP contribution in [-0.4, -0.2) is 26.7 Å². The van der Waals surface area contributed by atoms with Gasteiger partial charge in [-0.15, -0.1) is 0 Å². The number of hydrogen-bond donors (Lipinski definition) is 2. The lowest BCUT2D eigenvalue weighted by Crippen LogP contribution is -2.21. The van der Waals surface area contributed by atoms with Crippen molar-refractivity contribution in [2.24, 2.45) is 5.16 Å². The lowest BCUT2D eigenvalue weighted by molar-refractivity contribution is -0.385. The number of ketones is 1. The molecule has 1 aliphatic rings. The summed E-state index contributed by atoms with van der Waals surface area (Å²) in [5.74, 6) is -0.591. The first-order valence-electron chi connectivity index (χ1n) is 5.97. The van der Waals surface area contributed by atoms with Gasteiger partial charge >= 0.3 is 0 Å². The van der Waals surface area contributed by atoms with Gasteiger partial charge in [0.05, 0.1) is 16.1 Å². The van der Waals surface area contributed by atoms with Crippen molar-refractivity contribution in [3.63, 3.8) is 0 Å². The number of rotatable bonds is 3. The third kappa shape index (κ3) is 2.37. The molecule has 1 aromatic carbocycles. The molecule has 7 heteroatoms. The number of nitro benzene ring substituents is 1. The average Bonchev–Trinajstić information content (AvgIpc) is 2.43. The van der Waals surface area contributed by atoms with E-state index in [1.165, 1.54) is 24.3 Å². The Morgan fingerprint density at radius 3 is 2.60 bits per heavy atom. The topological polar surface area (TPSA) is 113 Å². The summed E-state index contributed by atoms with van der Waals surface area (Å²) in [5.41, 5.74) is -0.705. The lowest BCUT2D eigenvalue weighted by atomic mass is 9.89. The number of aliphatic hydroxyl groups excluding tert-OH is 1. The zero-order valence-corrected chi connectivity index (χ0v) is 10.4. The van der Waals surface area contributed by atoms with Crippen LogP contribution in [0, 0.1) is 10.1 Å². The third-order valence-electron chi connectivity index (χ3n) is 3.08. The van der Waals surface area contributed by atoms with Gasteiger partial charge in [-0.2, -0.15) is 0 Å². The second-order valence-corrected chi connectivity index (χ2v) is 4.32. The number of para-hydroxylation sites is 1. The number of nitro groups is 1. The minimum atomic E-state index is -0.634. The molecule has 0 aromatic heterocycles. The average molecular weight is 276 g/mol. The Hall–Kier alpha value is -2.70. The van der Waals surface area contributed by atoms with Crippen LogP contribution in [0.3, 0.4) is 0 Å². The van der Waals surface area contributed by atoms with Gasteiger partial charge in [-0.25, -0.2) is 0 Å². The van der Waals surface area contributed by atoms with Crippen molar-refractivity contribution >= 4 is 17.2 Å². The Morgan fingerprint density at radius 2 is 2.00 bits per heavy atom. The molecule has 0 saturated carbocycles. The van der Waals surface area contributed by atoms with Crippen molar-refractivity contribution in [3.8, 4) is 0 Å². The van der Waals surface area contributed by atoms with Crippen LogP contribution in [-0.2, 0) is 4.79 Å². The van der Waals surface area contributed by atoms with Gasteiger partial charge in [0.2, 0.25) is 0 Å². The number of hydrogen-bond acceptors (Lipinski definition) is 6. The summed E-state index contributed by atoms with van der Waals surface area (Å²) < 4.78 is 0. The molecular formula is C13H12N2O5. The second kappa shape index (κ2) is 5.52. The molecule has 0 unspecified atom stereocenters. The summed E-state index contributed by atoms with van der Waals surface area (Å²) in [4.78, 5) is 22.2. The fourth-order valence-corrected chi connectivity index (χ4v) is 2.17. The predicted octanol–water partition coefficient (Wildman–Crippen LogP) is 2.34. The van der Waals surface area contributed by atoms with Crippen LogP contribution in [0.5, 0.6) is 0 Å². The van der Waals surface area contributed by atoms with Crippen LogP contribution in [0.25, 0.3) is 0 Å². The van der Waals surface area contributed by atoms with Crippen LogP contribution >= 0.6 is 0 Å². The largest absolute Gasteiger partial charge is 0.511 e. The predicted molar refractivity (Wildman–Crippen MR) is 69.9 cm³/mol. The molecule has 0 spiro atoms. The van der Waals surface area contributed by atoms with E-state index in [0.717, 1.165) is 0 Å². The van der Waals surface area contributed by atoms with E-state index in [2.05, 4.69) is 5.16 Å². The first-order chi connectivity index (χ1) is 9.56. The summed E-state index contributed by atoms with van der Waals surface area (Å²) in [6.07, 6.45) is 0.990. The molecule has 2 rings (SSSR count). The fourth-order valence-electron chi connectivity index (χ4n) is 2.17. The maximum Gasteiger partial charge on any atom is 0.278 e. The van der Waals surface area contributed by atoms with Crippen LogP contribution in [0.1, 0.15) is 24.8 Å². The van der Waals surface area contributed by atoms with E-state index in [-0.39, 0.29) is 46.9 Å². The van der Waals surface area contributed by atoms with E-state index in [1.807, 2.05) is 0 Å². The molecule has 0 amide bonds. The van der Waals surface area contributed by atoms with Gasteiger partial charge < -0.3 is 10.3 Å². The summed E-state index contributed by atoms with van der Waals surface area (Å²) in [7, 11) is 0. The quantitative estimate of drug-likeness (QED) is 0.380. The van der Waals surface area contributed by atoms with Crippen molar-refractivity contribution in [1.29, 1.82) is 0 Å². The minimum Gasteiger partial charge on any atom is -0.511 e. The van der Waals surface area contributed by atoms with Gasteiger partial charge in [0.1, 0.15) is 11.5 Å². The van der Waals surface area contributed by atoms with Crippen molar-refractivity contribution in [3.05, 3.63) is 51.3 Å². The van der Waals surface area contributed by atoms with Crippen LogP contribution in [0.4, 0.5) is 5.69 Å². The number of aliphatic hydroxyl groups is 1. The van der Waals surface area contributed by atoms with Gasteiger partial charge in [-0.05, 0) is 12.5 Å². The van der Waals surface area contributed by atoms with Crippen molar-refractivity contribution in [2.45, 2.75) is 19.3 Å². The number of Topliss-reactive ketones (excluding diaryl/α,β-unsaturated/α-hetero) is 1. The zero-order chi connectivity index (χ0) is 14.7. The highest BCUT2D eigenvalue weighted by Gasteiger charge is 2.30. The first kappa shape index (κ1) is 13.7. The van der Waals surface area contributed by atoms with E-state index in [4.69, 9.17) is 5.21 Å². The molecule has 7 nitrogen and oxygen atoms in total. The zero-order valence-electron chi connectivity index (χ0n) is 10.4. The SMILES string of the molecule is O=C1CCCC(O)=C1/C(=N/O)c1ccccc1[N+](=O)[O-]. The van der Waals surface area contributed by atoms with Crippen molar-refractivity contribution in [1.82, 2.24) is 0 Å². The molecule has 1 aliphatic carbocycles. The number of carbonyl (C=O) groups is 1. The van der Waals surface area contributed by atoms with Crippen molar-refractivity contribution < 1.29 is 20.0 Å². The molecule has 0 radical (unpaired) electrons. The van der Waals surface area contributed by atoms with E-state index >= 15 is 0 Å². The molecule has 0 atom stereocenters. The summed E-state index contributed by atoms with van der Waals surface area (Å²) in [5, 5.41) is 33.0. The first-order valence-corrected chi connectivity index (χ1v) is 5.97. The Balaban J connectivity index is 2.60. The number of oxime groups is 1. The summed E-state index contributed by atoms with van der Waals surface area (Å²) >= 11 is 0. The fraction of sp³-hybridized carbons (Fsp3) is 0.231. The number of benzene rings is 1. The molecule has 0 saturated heterocycles. The molecule has 0 bridgehead atoms. The minimum absolute atomic E-state index is 0.00296. The molecule has 0 aliphatic heterocycles. The molecule has 0 heterocycles. The molecule has 0 fully saturated rings. The molecular weight excluding hydrogens is 264 g/mol. The highest BCUT2D eigenvalue weighted by atomic mass is 16.6. The number of carbonyl (C=O) groups excluding carboxylic acids is 1. The Morgan fingerprint density at radius 1 is 1.30 bits per heavy atom. The molecule has 104 valence electrons. The standard InChI is InChI=1S/C13H12N2O5/c16-10-6-3-7-11(17)12(10)13(14-18)8-4-1-2-5-9(8)15(19)20/h1-2,4-5,16,18H,3,6-7H2/b14-13+. The molecule has 2 N–H and O–H groups in total. The Labute approximate surface area is 114 Å². The maximum atomic E-state index is 11.9. The highest BCUT2D eigenvalue weighted by molar-refractivity contribution is 6.30. The van der Waals surface area contributed by atoms with Gasteiger partial charge in [0, 0.05) is 18.9 Å². The normalized spacial score (nSPS) is 16.4. The highest BCUT2D eigenvalue weighted by Crippen LogP contribution is 2.27. The monoisotopic (exact) mass is 276 g/mol. The van der Waals surface area contributed by atoms with Crippen molar-refractivity contribution in [2.75, 3.05) is 0 Å². The van der Waals surface area contributed by atoms with Crippen LogP contribution in [0.2, 0.25) is 0 Å². The number of nitrogens with zero attached hydrogens (tertiary/aromatic N) is 2. The van der Waals surface area contributed by atoms with E-state index < -0.39 is 4.92 Å². The van der Waals surface area contributed by atoms with E-state index in [0.29, 0.717) is 6.42 Å². The van der Waals surface area contributed by atoms with Crippen LogP contribution < -0.4 is 0 Å². The van der Waals surface area contributed by atoms with Gasteiger partial charge in [-0.3, -0.25) is 14.9 Å². The van der Waals surface area contributed by atoms with Crippen LogP contribution in [0.15, 0.2) is 40.8 Å². The van der Waals surface area contributed by atoms with E-state index in [1.54, 1.807) is 0 Å². The summed E-state index contributed by atoms with van der Waals surface area (Å²) in [6.45, 7) is 0. The molecule has 1 aromatic rings. The van der Waals surface area contributed by atoms with Gasteiger partial charge in [0.25, 0.3) is 5.69 Å². The number of allylic oxidation sites excluding steroid dienone is 2. The molecule has 20 heavy (non-hydrogen) atoms. The smallest absolute Gasteiger partial charge is 0.278 e. The Bertz CT molecular complexity index is 633. The van der Waals surface area contributed by atoms with E-state index in [9.17, 15) is 20.0 Å². The van der Waals surface area contributed by atoms with Gasteiger partial charge in [0.15, 0.2) is 5.78 Å². The second-order valence-electron chi connectivity index (χ2n) is 4.32. The maximum absolute atomic E-state index is 11.9.